The summed E-state index contributed by atoms with van der Waals surface area (Å²) in [5, 5.41) is 2.73. The summed E-state index contributed by atoms with van der Waals surface area (Å²) in [4.78, 5) is 14.7. The molecule has 0 saturated heterocycles. The second-order valence-corrected chi connectivity index (χ2v) is 6.95. The number of nitrogens with zero attached hydrogens (tertiary/aromatic N) is 1. The minimum Gasteiger partial charge on any atom is -0.454 e. The average Bonchev–Trinajstić information content (AvgIpc) is 3.10. The monoisotopic (exact) mass is 394 g/mol. The van der Waals surface area contributed by atoms with Crippen LogP contribution >= 0.6 is 11.8 Å². The second kappa shape index (κ2) is 9.05. The van der Waals surface area contributed by atoms with E-state index < -0.39 is 5.76 Å². The topological polar surface area (TPSA) is 50.8 Å². The predicted molar refractivity (Wildman–Crippen MR) is 100 cm³/mol. The van der Waals surface area contributed by atoms with Crippen molar-refractivity contribution in [2.24, 2.45) is 0 Å². The van der Waals surface area contributed by atoms with Crippen molar-refractivity contribution in [3.05, 3.63) is 48.0 Å². The number of halogens is 2. The lowest BCUT2D eigenvalue weighted by Crippen LogP contribution is -2.32. The van der Waals surface area contributed by atoms with Crippen molar-refractivity contribution in [2.45, 2.75) is 24.1 Å². The Labute approximate surface area is 160 Å². The van der Waals surface area contributed by atoms with Crippen molar-refractivity contribution >= 4 is 23.4 Å². The number of nitrogens with one attached hydrogen (secondary N) is 1. The molecule has 0 atom stereocenters. The first-order valence-electron chi connectivity index (χ1n) is 8.49. The first-order chi connectivity index (χ1) is 13.0. The molecule has 0 bridgehead atoms. The maximum atomic E-state index is 12.7. The van der Waals surface area contributed by atoms with Crippen LogP contribution in [0.5, 0.6) is 11.5 Å². The van der Waals surface area contributed by atoms with Crippen LogP contribution in [0.3, 0.4) is 0 Å². The predicted octanol–water partition coefficient (Wildman–Crippen LogP) is 4.19. The van der Waals surface area contributed by atoms with Crippen molar-refractivity contribution in [1.82, 2.24) is 4.90 Å². The fraction of sp³-hybridized carbons (Fsp3) is 0.316. The van der Waals surface area contributed by atoms with Crippen LogP contribution in [-0.4, -0.2) is 36.4 Å². The van der Waals surface area contributed by atoms with E-state index in [9.17, 15) is 13.6 Å². The molecule has 1 amide bonds. The van der Waals surface area contributed by atoms with E-state index in [1.165, 1.54) is 0 Å². The summed E-state index contributed by atoms with van der Waals surface area (Å²) in [6, 6.07) is 12.2. The SMILES string of the molecule is CCN(CC(=O)Nc1ccccc1SC(F)F)Cc1ccc2c(c1)OCO2. The van der Waals surface area contributed by atoms with Gasteiger partial charge in [-0.1, -0.05) is 36.9 Å². The minimum absolute atomic E-state index is 0.151. The average molecular weight is 394 g/mol. The maximum Gasteiger partial charge on any atom is 0.288 e. The Hall–Kier alpha value is -2.32. The van der Waals surface area contributed by atoms with Gasteiger partial charge < -0.3 is 14.8 Å². The summed E-state index contributed by atoms with van der Waals surface area (Å²) in [6.07, 6.45) is 0. The molecule has 2 aromatic carbocycles. The number of amides is 1. The summed E-state index contributed by atoms with van der Waals surface area (Å²) in [5.74, 6) is -1.38. The Morgan fingerprint density at radius 3 is 2.78 bits per heavy atom. The highest BCUT2D eigenvalue weighted by Gasteiger charge is 2.16. The van der Waals surface area contributed by atoms with Crippen LogP contribution in [0.4, 0.5) is 14.5 Å². The zero-order chi connectivity index (χ0) is 19.2. The smallest absolute Gasteiger partial charge is 0.288 e. The molecule has 0 saturated carbocycles. The number of carbonyl (C=O) groups excluding carboxylic acids is 1. The van der Waals surface area contributed by atoms with Crippen LogP contribution in [0.2, 0.25) is 0 Å². The van der Waals surface area contributed by atoms with Gasteiger partial charge in [0.2, 0.25) is 12.7 Å². The van der Waals surface area contributed by atoms with E-state index in [-0.39, 0.29) is 19.2 Å². The number of alkyl halides is 2. The van der Waals surface area contributed by atoms with Gasteiger partial charge in [0, 0.05) is 11.4 Å². The molecule has 5 nitrogen and oxygen atoms in total. The zero-order valence-corrected chi connectivity index (χ0v) is 15.6. The highest BCUT2D eigenvalue weighted by atomic mass is 32.2. The van der Waals surface area contributed by atoms with Crippen LogP contribution in [0.15, 0.2) is 47.4 Å². The highest BCUT2D eigenvalue weighted by molar-refractivity contribution is 7.99. The molecule has 3 rings (SSSR count). The van der Waals surface area contributed by atoms with Crippen LogP contribution in [0, 0.1) is 0 Å². The molecule has 8 heteroatoms. The molecular formula is C19H20F2N2O3S. The summed E-state index contributed by atoms with van der Waals surface area (Å²) in [6.45, 7) is 3.55. The molecule has 0 spiro atoms. The third kappa shape index (κ3) is 5.33. The Morgan fingerprint density at radius 1 is 1.22 bits per heavy atom. The molecule has 0 unspecified atom stereocenters. The number of fused-ring (bicyclic) bond motifs is 1. The number of hydrogen-bond donors (Lipinski definition) is 1. The minimum atomic E-state index is -2.54. The van der Waals surface area contributed by atoms with Gasteiger partial charge in [0.15, 0.2) is 11.5 Å². The third-order valence-corrected chi connectivity index (χ3v) is 4.82. The molecule has 27 heavy (non-hydrogen) atoms. The first kappa shape index (κ1) is 19.4. The molecule has 0 fully saturated rings. The van der Waals surface area contributed by atoms with Gasteiger partial charge in [-0.25, -0.2) is 0 Å². The van der Waals surface area contributed by atoms with E-state index in [0.29, 0.717) is 46.9 Å². The van der Waals surface area contributed by atoms with E-state index in [1.54, 1.807) is 24.3 Å². The summed E-state index contributed by atoms with van der Waals surface area (Å²) >= 11 is 0.418. The number of benzene rings is 2. The van der Waals surface area contributed by atoms with Crippen LogP contribution in [0.1, 0.15) is 12.5 Å². The van der Waals surface area contributed by atoms with Gasteiger partial charge in [0.1, 0.15) is 0 Å². The summed E-state index contributed by atoms with van der Waals surface area (Å²) in [7, 11) is 0. The van der Waals surface area contributed by atoms with Gasteiger partial charge in [0.25, 0.3) is 5.76 Å². The summed E-state index contributed by atoms with van der Waals surface area (Å²) < 4.78 is 36.0. The molecule has 0 aromatic heterocycles. The molecule has 1 aliphatic rings. The number of anilines is 1. The number of likely N-dealkylation sites (N-methyl/N-ethyl adjacent to an activating group) is 1. The van der Waals surface area contributed by atoms with E-state index in [0.717, 1.165) is 5.56 Å². The highest BCUT2D eigenvalue weighted by Crippen LogP contribution is 2.33. The first-order valence-corrected chi connectivity index (χ1v) is 9.37. The lowest BCUT2D eigenvalue weighted by atomic mass is 10.2. The lowest BCUT2D eigenvalue weighted by molar-refractivity contribution is -0.117. The third-order valence-electron chi connectivity index (χ3n) is 4.03. The van der Waals surface area contributed by atoms with E-state index in [4.69, 9.17) is 9.47 Å². The summed E-state index contributed by atoms with van der Waals surface area (Å²) in [5.41, 5.74) is 1.40. The zero-order valence-electron chi connectivity index (χ0n) is 14.8. The molecule has 0 aliphatic carbocycles. The molecule has 1 N–H and O–H groups in total. The van der Waals surface area contributed by atoms with Crippen LogP contribution < -0.4 is 14.8 Å². The number of rotatable bonds is 8. The standard InChI is InChI=1S/C19H20F2N2O3S/c1-2-23(10-13-7-8-15-16(9-13)26-12-25-15)11-18(24)22-14-5-3-4-6-17(14)27-19(20)21/h3-9,19H,2,10-12H2,1H3,(H,22,24). The van der Waals surface area contributed by atoms with Crippen molar-refractivity contribution in [1.29, 1.82) is 0 Å². The number of ether oxygens (including phenoxy) is 2. The van der Waals surface area contributed by atoms with Gasteiger partial charge in [-0.05, 0) is 36.4 Å². The van der Waals surface area contributed by atoms with Gasteiger partial charge in [0.05, 0.1) is 12.2 Å². The Kier molecular flexibility index (Phi) is 6.52. The number of hydrogen-bond acceptors (Lipinski definition) is 5. The molecule has 144 valence electrons. The van der Waals surface area contributed by atoms with Gasteiger partial charge >= 0.3 is 0 Å². The second-order valence-electron chi connectivity index (χ2n) is 5.91. The Balaban J connectivity index is 1.60. The molecule has 0 radical (unpaired) electrons. The van der Waals surface area contributed by atoms with Gasteiger partial charge in [-0.2, -0.15) is 8.78 Å². The Morgan fingerprint density at radius 2 is 2.00 bits per heavy atom. The van der Waals surface area contributed by atoms with Crippen LogP contribution in [0.25, 0.3) is 0 Å². The largest absolute Gasteiger partial charge is 0.454 e. The lowest BCUT2D eigenvalue weighted by Gasteiger charge is -2.20. The van der Waals surface area contributed by atoms with Crippen molar-refractivity contribution in [3.63, 3.8) is 0 Å². The number of carbonyl (C=O) groups is 1. The van der Waals surface area contributed by atoms with Gasteiger partial charge in [-0.3, -0.25) is 9.69 Å². The van der Waals surface area contributed by atoms with Crippen molar-refractivity contribution in [3.8, 4) is 11.5 Å². The van der Waals surface area contributed by atoms with Gasteiger partial charge in [-0.15, -0.1) is 0 Å². The van der Waals surface area contributed by atoms with E-state index in [1.807, 2.05) is 30.0 Å². The Bertz CT molecular complexity index is 804. The molecular weight excluding hydrogens is 374 g/mol. The molecule has 1 heterocycles. The van der Waals surface area contributed by atoms with E-state index >= 15 is 0 Å². The number of para-hydroxylation sites is 1. The maximum absolute atomic E-state index is 12.7. The fourth-order valence-corrected chi connectivity index (χ4v) is 3.33. The van der Waals surface area contributed by atoms with E-state index in [2.05, 4.69) is 5.32 Å². The fourth-order valence-electron chi connectivity index (χ4n) is 2.74. The molecule has 2 aromatic rings. The molecule has 1 aliphatic heterocycles. The van der Waals surface area contributed by atoms with Crippen molar-refractivity contribution in [2.75, 3.05) is 25.2 Å². The van der Waals surface area contributed by atoms with Crippen molar-refractivity contribution < 1.29 is 23.0 Å². The quantitative estimate of drug-likeness (QED) is 0.681. The number of thioether (sulfide) groups is 1. The van der Waals surface area contributed by atoms with Crippen LogP contribution in [-0.2, 0) is 11.3 Å². The normalized spacial score (nSPS) is 12.6.